The van der Waals surface area contributed by atoms with Gasteiger partial charge in [0.25, 0.3) is 0 Å². The van der Waals surface area contributed by atoms with Gasteiger partial charge in [-0.1, -0.05) is 11.2 Å². The molecule has 0 amide bonds. The minimum Gasteiger partial charge on any atom is -0.150 e. The summed E-state index contributed by atoms with van der Waals surface area (Å²) in [5.41, 5.74) is 0. The van der Waals surface area contributed by atoms with Crippen LogP contribution < -0.4 is 0 Å². The van der Waals surface area contributed by atoms with E-state index in [1.54, 1.807) is 34.0 Å². The Morgan fingerprint density at radius 2 is 1.61 bits per heavy atom. The minimum atomic E-state index is 0.272. The van der Waals surface area contributed by atoms with Gasteiger partial charge in [-0.2, -0.15) is 4.91 Å². The lowest BCUT2D eigenvalue weighted by molar-refractivity contribution is 1.09. The Kier molecular flexibility index (Phi) is 3.36. The third-order valence-corrected chi connectivity index (χ3v) is 5.91. The molecule has 2 nitrogen and oxygen atoms in total. The Hall–Kier alpha value is -1.30. The molecule has 0 fully saturated rings. The van der Waals surface area contributed by atoms with Crippen molar-refractivity contribution in [1.29, 1.82) is 0 Å². The molecule has 0 spiro atoms. The van der Waals surface area contributed by atoms with Crippen LogP contribution in [0.15, 0.2) is 47.0 Å². The quantitative estimate of drug-likeness (QED) is 0.586. The standard InChI is InChI=1S/C13H9NOS3/c15-14-8-9-3-4-12(17-9)13-6-5-11(18-13)10-2-1-7-16-10/h1-7H,8H2. The molecule has 3 aromatic rings. The molecule has 90 valence electrons. The van der Waals surface area contributed by atoms with Gasteiger partial charge in [-0.15, -0.1) is 34.0 Å². The highest BCUT2D eigenvalue weighted by Gasteiger charge is 2.08. The number of hydrogen-bond donors (Lipinski definition) is 0. The predicted molar refractivity (Wildman–Crippen MR) is 80.4 cm³/mol. The SMILES string of the molecule is O=NCc1ccc(-c2ccc(-c3cccs3)s2)s1. The molecule has 0 atom stereocenters. The molecule has 0 bridgehead atoms. The zero-order valence-corrected chi connectivity index (χ0v) is 11.8. The molecule has 3 aromatic heterocycles. The van der Waals surface area contributed by atoms with E-state index in [0.717, 1.165) is 4.88 Å². The first-order valence-corrected chi connectivity index (χ1v) is 7.90. The molecule has 0 aliphatic heterocycles. The first kappa shape index (κ1) is 11.8. The molecule has 0 aliphatic carbocycles. The molecule has 0 N–H and O–H groups in total. The Balaban J connectivity index is 1.90. The van der Waals surface area contributed by atoms with E-state index in [1.807, 2.05) is 6.07 Å². The smallest absolute Gasteiger partial charge is 0.115 e. The number of rotatable bonds is 4. The summed E-state index contributed by atoms with van der Waals surface area (Å²) >= 11 is 5.18. The molecule has 0 aromatic carbocycles. The largest absolute Gasteiger partial charge is 0.150 e. The van der Waals surface area contributed by atoms with E-state index < -0.39 is 0 Å². The van der Waals surface area contributed by atoms with E-state index in [2.05, 4.69) is 40.9 Å². The summed E-state index contributed by atoms with van der Waals surface area (Å²) < 4.78 is 0. The van der Waals surface area contributed by atoms with Crippen molar-refractivity contribution in [3.63, 3.8) is 0 Å². The molecule has 0 saturated heterocycles. The maximum absolute atomic E-state index is 10.2. The zero-order valence-electron chi connectivity index (χ0n) is 9.33. The first-order valence-electron chi connectivity index (χ1n) is 5.39. The molecule has 0 saturated carbocycles. The molecular formula is C13H9NOS3. The van der Waals surface area contributed by atoms with Gasteiger partial charge in [0.05, 0.1) is 0 Å². The fraction of sp³-hybridized carbons (Fsp3) is 0.0769. The lowest BCUT2D eigenvalue weighted by Crippen LogP contribution is -1.66. The predicted octanol–water partition coefficient (Wildman–Crippen LogP) is 5.47. The molecule has 3 rings (SSSR count). The topological polar surface area (TPSA) is 29.4 Å². The Bertz CT molecular complexity index is 651. The lowest BCUT2D eigenvalue weighted by atomic mass is 10.3. The van der Waals surface area contributed by atoms with Crippen molar-refractivity contribution in [3.05, 3.63) is 51.6 Å². The van der Waals surface area contributed by atoms with Crippen LogP contribution in [0.2, 0.25) is 0 Å². The summed E-state index contributed by atoms with van der Waals surface area (Å²) in [6, 6.07) is 12.5. The van der Waals surface area contributed by atoms with Gasteiger partial charge in [0.15, 0.2) is 0 Å². The van der Waals surface area contributed by atoms with Crippen LogP contribution in [0.25, 0.3) is 19.5 Å². The van der Waals surface area contributed by atoms with E-state index in [1.165, 1.54) is 19.5 Å². The van der Waals surface area contributed by atoms with Crippen LogP contribution in [0.4, 0.5) is 0 Å². The van der Waals surface area contributed by atoms with Crippen molar-refractivity contribution in [3.8, 4) is 19.5 Å². The minimum absolute atomic E-state index is 0.272. The van der Waals surface area contributed by atoms with Crippen LogP contribution in [0.5, 0.6) is 0 Å². The summed E-state index contributed by atoms with van der Waals surface area (Å²) in [6.07, 6.45) is 0. The molecule has 18 heavy (non-hydrogen) atoms. The van der Waals surface area contributed by atoms with Crippen molar-refractivity contribution in [2.75, 3.05) is 0 Å². The zero-order chi connectivity index (χ0) is 12.4. The van der Waals surface area contributed by atoms with Gasteiger partial charge in [0.2, 0.25) is 0 Å². The number of hydrogen-bond acceptors (Lipinski definition) is 5. The van der Waals surface area contributed by atoms with Crippen molar-refractivity contribution >= 4 is 34.0 Å². The van der Waals surface area contributed by atoms with Crippen molar-refractivity contribution < 1.29 is 0 Å². The second kappa shape index (κ2) is 5.14. The van der Waals surface area contributed by atoms with Gasteiger partial charge < -0.3 is 0 Å². The van der Waals surface area contributed by atoms with E-state index in [4.69, 9.17) is 0 Å². The first-order chi connectivity index (χ1) is 8.86. The molecule has 0 unspecified atom stereocenters. The highest BCUT2D eigenvalue weighted by Crippen LogP contribution is 2.39. The number of nitrogens with zero attached hydrogens (tertiary/aromatic N) is 1. The maximum atomic E-state index is 10.2. The molecule has 5 heteroatoms. The van der Waals surface area contributed by atoms with Gasteiger partial charge >= 0.3 is 0 Å². The Morgan fingerprint density at radius 1 is 0.889 bits per heavy atom. The van der Waals surface area contributed by atoms with E-state index in [9.17, 15) is 4.91 Å². The number of nitroso groups, excluding NO2 is 1. The third kappa shape index (κ3) is 2.29. The Morgan fingerprint density at radius 3 is 2.33 bits per heavy atom. The molecular weight excluding hydrogens is 282 g/mol. The third-order valence-electron chi connectivity index (χ3n) is 2.49. The van der Waals surface area contributed by atoms with Crippen LogP contribution in [0.3, 0.4) is 0 Å². The molecule has 0 aliphatic rings. The van der Waals surface area contributed by atoms with Gasteiger partial charge in [0, 0.05) is 24.4 Å². The van der Waals surface area contributed by atoms with Crippen LogP contribution >= 0.6 is 34.0 Å². The second-order valence-electron chi connectivity index (χ2n) is 3.69. The maximum Gasteiger partial charge on any atom is 0.115 e. The fourth-order valence-electron chi connectivity index (χ4n) is 1.68. The van der Waals surface area contributed by atoms with Gasteiger partial charge in [-0.3, -0.25) is 0 Å². The Labute approximate surface area is 117 Å². The van der Waals surface area contributed by atoms with Crippen molar-refractivity contribution in [1.82, 2.24) is 0 Å². The van der Waals surface area contributed by atoms with Crippen LogP contribution in [0, 0.1) is 4.91 Å². The summed E-state index contributed by atoms with van der Waals surface area (Å²) in [5, 5.41) is 5.02. The lowest BCUT2D eigenvalue weighted by Gasteiger charge is -1.90. The van der Waals surface area contributed by atoms with Crippen LogP contribution in [-0.4, -0.2) is 0 Å². The summed E-state index contributed by atoms with van der Waals surface area (Å²) in [6.45, 7) is 0.272. The fourth-order valence-corrected chi connectivity index (χ4v) is 4.53. The average Bonchev–Trinajstić information content (AvgIpc) is 3.10. The van der Waals surface area contributed by atoms with Crippen molar-refractivity contribution in [2.45, 2.75) is 6.54 Å². The van der Waals surface area contributed by atoms with E-state index >= 15 is 0 Å². The number of thiophene rings is 3. The van der Waals surface area contributed by atoms with Crippen LogP contribution in [-0.2, 0) is 6.54 Å². The average molecular weight is 291 g/mol. The normalized spacial score (nSPS) is 10.7. The summed E-state index contributed by atoms with van der Waals surface area (Å²) in [5.74, 6) is 0. The van der Waals surface area contributed by atoms with Crippen LogP contribution in [0.1, 0.15) is 4.88 Å². The van der Waals surface area contributed by atoms with Crippen molar-refractivity contribution in [2.24, 2.45) is 5.18 Å². The van der Waals surface area contributed by atoms with E-state index in [0.29, 0.717) is 0 Å². The summed E-state index contributed by atoms with van der Waals surface area (Å²) in [7, 11) is 0. The second-order valence-corrected chi connectivity index (χ2v) is 6.89. The highest BCUT2D eigenvalue weighted by atomic mass is 32.1. The van der Waals surface area contributed by atoms with E-state index in [-0.39, 0.29) is 6.54 Å². The molecule has 3 heterocycles. The highest BCUT2D eigenvalue weighted by molar-refractivity contribution is 7.26. The summed E-state index contributed by atoms with van der Waals surface area (Å²) in [4.78, 5) is 16.3. The monoisotopic (exact) mass is 291 g/mol. The van der Waals surface area contributed by atoms with Gasteiger partial charge in [-0.05, 0) is 35.7 Å². The van der Waals surface area contributed by atoms with Gasteiger partial charge in [0.1, 0.15) is 6.54 Å². The van der Waals surface area contributed by atoms with Gasteiger partial charge in [-0.25, -0.2) is 0 Å². The molecule has 0 radical (unpaired) electrons.